The summed E-state index contributed by atoms with van der Waals surface area (Å²) in [6, 6.07) is 0.250. The first-order chi connectivity index (χ1) is 15.5. The highest BCUT2D eigenvalue weighted by Gasteiger charge is 2.33. The molecule has 8 heteroatoms. The van der Waals surface area contributed by atoms with E-state index >= 15 is 0 Å². The van der Waals surface area contributed by atoms with Gasteiger partial charge in [0.25, 0.3) is 0 Å². The summed E-state index contributed by atoms with van der Waals surface area (Å²) in [5, 5.41) is 3.82. The number of aromatic nitrogens is 1. The smallest absolute Gasteiger partial charge is 0.357 e. The lowest BCUT2D eigenvalue weighted by Crippen LogP contribution is -2.45. The molecule has 1 aliphatic carbocycles. The van der Waals surface area contributed by atoms with Gasteiger partial charge in [0.05, 0.1) is 12.3 Å². The quantitative estimate of drug-likeness (QED) is 0.645. The predicted octanol–water partition coefficient (Wildman–Crippen LogP) is 4.51. The molecule has 2 aliphatic rings. The lowest BCUT2D eigenvalue weighted by Gasteiger charge is -2.35. The Morgan fingerprint density at radius 2 is 1.91 bits per heavy atom. The summed E-state index contributed by atoms with van der Waals surface area (Å²) in [6.07, 6.45) is 8.27. The number of carbonyl (C=O) groups is 3. The second-order valence-corrected chi connectivity index (χ2v) is 9.83. The number of hydrogen-bond donors (Lipinski definition) is 1. The minimum atomic E-state index is -0.498. The van der Waals surface area contributed by atoms with Gasteiger partial charge in [-0.25, -0.2) is 4.79 Å². The van der Waals surface area contributed by atoms with Crippen molar-refractivity contribution in [1.82, 2.24) is 9.47 Å². The zero-order valence-corrected chi connectivity index (χ0v) is 20.1. The van der Waals surface area contributed by atoms with Crippen LogP contribution in [0.25, 0.3) is 10.2 Å². The van der Waals surface area contributed by atoms with Crippen LogP contribution in [0.3, 0.4) is 0 Å². The first-order valence-corrected chi connectivity index (χ1v) is 12.7. The van der Waals surface area contributed by atoms with E-state index in [1.165, 1.54) is 17.4 Å². The van der Waals surface area contributed by atoms with Crippen molar-refractivity contribution < 1.29 is 19.1 Å². The van der Waals surface area contributed by atoms with Gasteiger partial charge < -0.3 is 19.5 Å². The van der Waals surface area contributed by atoms with Crippen molar-refractivity contribution >= 4 is 45.0 Å². The number of rotatable bonds is 6. The molecule has 2 amide bonds. The predicted molar refractivity (Wildman–Crippen MR) is 126 cm³/mol. The van der Waals surface area contributed by atoms with Crippen molar-refractivity contribution in [2.75, 3.05) is 18.5 Å². The van der Waals surface area contributed by atoms with Crippen molar-refractivity contribution in [3.8, 4) is 0 Å². The fourth-order valence-electron chi connectivity index (χ4n) is 5.19. The van der Waals surface area contributed by atoms with Crippen LogP contribution in [-0.2, 0) is 33.7 Å². The summed E-state index contributed by atoms with van der Waals surface area (Å²) in [4.78, 5) is 42.8. The summed E-state index contributed by atoms with van der Waals surface area (Å²) >= 11 is 1.65. The van der Waals surface area contributed by atoms with Crippen LogP contribution in [0.15, 0.2) is 0 Å². The summed E-state index contributed by atoms with van der Waals surface area (Å²) in [7, 11) is 0. The molecule has 1 saturated heterocycles. The van der Waals surface area contributed by atoms with Crippen molar-refractivity contribution in [2.24, 2.45) is 0 Å². The van der Waals surface area contributed by atoms with Gasteiger partial charge in [-0.1, -0.05) is 6.92 Å². The maximum atomic E-state index is 13.5. The minimum Gasteiger partial charge on any atom is -0.461 e. The standard InChI is InChI=1S/C24H33N3O4S/c1-4-16-10-8-9-13-26(16)19(29)14-27-22(24(30)31-5-2)21(25-15(3)28)20-17-11-6-7-12-18(17)32-23(20)27/h16H,4-14H2,1-3H3,(H,25,28)/t16-/m0/s1. The van der Waals surface area contributed by atoms with E-state index in [1.54, 1.807) is 18.3 Å². The Kier molecular flexibility index (Phi) is 6.88. The Bertz CT molecular complexity index is 1040. The summed E-state index contributed by atoms with van der Waals surface area (Å²) in [6.45, 7) is 6.40. The van der Waals surface area contributed by atoms with Gasteiger partial charge >= 0.3 is 5.97 Å². The molecule has 2 aromatic heterocycles. The number of esters is 1. The molecule has 0 radical (unpaired) electrons. The Hall–Kier alpha value is -2.35. The van der Waals surface area contributed by atoms with Crippen LogP contribution in [0, 0.1) is 0 Å². The van der Waals surface area contributed by atoms with Crippen LogP contribution >= 0.6 is 11.3 Å². The number of fused-ring (bicyclic) bond motifs is 3. The molecule has 4 rings (SSSR count). The maximum Gasteiger partial charge on any atom is 0.357 e. The maximum absolute atomic E-state index is 13.5. The van der Waals surface area contributed by atoms with Gasteiger partial charge in [0.2, 0.25) is 11.8 Å². The van der Waals surface area contributed by atoms with Gasteiger partial charge in [-0.15, -0.1) is 11.3 Å². The van der Waals surface area contributed by atoms with E-state index in [0.29, 0.717) is 5.69 Å². The number of hydrogen-bond acceptors (Lipinski definition) is 5. The highest BCUT2D eigenvalue weighted by atomic mass is 32.1. The van der Waals surface area contributed by atoms with Crippen LogP contribution in [0.5, 0.6) is 0 Å². The van der Waals surface area contributed by atoms with Gasteiger partial charge in [-0.3, -0.25) is 9.59 Å². The number of anilines is 1. The number of thiophene rings is 1. The molecule has 2 aromatic rings. The monoisotopic (exact) mass is 459 g/mol. The Balaban J connectivity index is 1.84. The van der Waals surface area contributed by atoms with E-state index in [-0.39, 0.29) is 36.7 Å². The highest BCUT2D eigenvalue weighted by molar-refractivity contribution is 7.19. The second kappa shape index (κ2) is 9.65. The SMILES string of the molecule is CCOC(=O)c1c(NC(C)=O)c2c3c(sc2n1CC(=O)N1CCCC[C@@H]1CC)CCCC3. The summed E-state index contributed by atoms with van der Waals surface area (Å²) in [5.74, 6) is -0.707. The molecule has 1 aliphatic heterocycles. The zero-order valence-electron chi connectivity index (χ0n) is 19.3. The van der Waals surface area contributed by atoms with Crippen LogP contribution in [0.4, 0.5) is 5.69 Å². The van der Waals surface area contributed by atoms with E-state index in [0.717, 1.165) is 68.1 Å². The van der Waals surface area contributed by atoms with E-state index in [4.69, 9.17) is 4.74 Å². The number of likely N-dealkylation sites (tertiary alicyclic amines) is 1. The van der Waals surface area contributed by atoms with Gasteiger partial charge in [-0.2, -0.15) is 0 Å². The van der Waals surface area contributed by atoms with Crippen molar-refractivity contribution in [1.29, 1.82) is 0 Å². The molecule has 1 N–H and O–H groups in total. The molecule has 0 saturated carbocycles. The molecule has 0 bridgehead atoms. The van der Waals surface area contributed by atoms with Crippen LogP contribution in [-0.4, -0.2) is 46.4 Å². The van der Waals surface area contributed by atoms with E-state index in [9.17, 15) is 14.4 Å². The van der Waals surface area contributed by atoms with Crippen molar-refractivity contribution in [3.63, 3.8) is 0 Å². The number of ether oxygens (including phenoxy) is 1. The Labute approximate surface area is 193 Å². The molecular weight excluding hydrogens is 426 g/mol. The highest BCUT2D eigenvalue weighted by Crippen LogP contribution is 2.44. The van der Waals surface area contributed by atoms with Gasteiger partial charge in [-0.05, 0) is 63.9 Å². The minimum absolute atomic E-state index is 0.0275. The van der Waals surface area contributed by atoms with Crippen LogP contribution < -0.4 is 5.32 Å². The zero-order chi connectivity index (χ0) is 22.8. The molecular formula is C24H33N3O4S. The average molecular weight is 460 g/mol. The topological polar surface area (TPSA) is 80.6 Å². The number of carbonyl (C=O) groups excluding carboxylic acids is 3. The first-order valence-electron chi connectivity index (χ1n) is 11.9. The van der Waals surface area contributed by atoms with Crippen LogP contribution in [0.2, 0.25) is 0 Å². The molecule has 3 heterocycles. The molecule has 0 unspecified atom stereocenters. The number of nitrogens with zero attached hydrogens (tertiary/aromatic N) is 2. The summed E-state index contributed by atoms with van der Waals surface area (Å²) < 4.78 is 7.18. The fraction of sp³-hybridized carbons (Fsp3) is 0.625. The second-order valence-electron chi connectivity index (χ2n) is 8.75. The number of aryl methyl sites for hydroxylation is 2. The lowest BCUT2D eigenvalue weighted by molar-refractivity contribution is -0.135. The summed E-state index contributed by atoms with van der Waals surface area (Å²) in [5.41, 5.74) is 2.00. The molecule has 7 nitrogen and oxygen atoms in total. The first kappa shape index (κ1) is 22.8. The normalized spacial score (nSPS) is 18.5. The number of nitrogens with one attached hydrogen (secondary N) is 1. The number of piperidine rings is 1. The molecule has 1 atom stereocenters. The van der Waals surface area contributed by atoms with Crippen molar-refractivity contribution in [2.45, 2.75) is 84.7 Å². The Morgan fingerprint density at radius 3 is 2.62 bits per heavy atom. The molecule has 0 aromatic carbocycles. The third-order valence-electron chi connectivity index (χ3n) is 6.64. The molecule has 174 valence electrons. The van der Waals surface area contributed by atoms with E-state index < -0.39 is 5.97 Å². The molecule has 32 heavy (non-hydrogen) atoms. The van der Waals surface area contributed by atoms with Crippen molar-refractivity contribution in [3.05, 3.63) is 16.1 Å². The largest absolute Gasteiger partial charge is 0.461 e. The third kappa shape index (κ3) is 4.17. The fourth-order valence-corrected chi connectivity index (χ4v) is 6.59. The van der Waals surface area contributed by atoms with Gasteiger partial charge in [0.1, 0.15) is 11.4 Å². The molecule has 1 fully saturated rings. The molecule has 0 spiro atoms. The number of amides is 2. The van der Waals surface area contributed by atoms with E-state index in [1.807, 2.05) is 9.47 Å². The lowest BCUT2D eigenvalue weighted by atomic mass is 9.96. The van der Waals surface area contributed by atoms with Crippen LogP contribution in [0.1, 0.15) is 80.2 Å². The average Bonchev–Trinajstić information content (AvgIpc) is 3.29. The van der Waals surface area contributed by atoms with Gasteiger partial charge in [0.15, 0.2) is 5.69 Å². The van der Waals surface area contributed by atoms with E-state index in [2.05, 4.69) is 12.2 Å². The van der Waals surface area contributed by atoms with Gasteiger partial charge in [0, 0.05) is 29.8 Å². The third-order valence-corrected chi connectivity index (χ3v) is 7.95. The Morgan fingerprint density at radius 1 is 1.12 bits per heavy atom.